The summed E-state index contributed by atoms with van der Waals surface area (Å²) in [6.07, 6.45) is 0. The molecule has 7 heteroatoms. The Morgan fingerprint density at radius 2 is 1.24 bits per heavy atom. The number of para-hydroxylation sites is 2. The Morgan fingerprint density at radius 3 is 1.59 bits per heavy atom. The third-order valence-corrected chi connectivity index (χ3v) is 3.21. The molecule has 0 amide bonds. The molecule has 0 saturated heterocycles. The number of halogens is 1. The minimum atomic E-state index is -1.41. The molecule has 0 aromatic heterocycles. The maximum Gasteiger partial charge on any atom is 0.218 e. The van der Waals surface area contributed by atoms with Gasteiger partial charge in [-0.25, -0.2) is 0 Å². The Balaban J connectivity index is 0.000000466. The Labute approximate surface area is 176 Å². The number of Topliss-reactive ketones (excluding diaryl/α,β-unsaturated/α-hetero) is 2. The summed E-state index contributed by atoms with van der Waals surface area (Å²) in [6, 6.07) is 18.4. The minimum absolute atomic E-state index is 0.0215. The van der Waals surface area contributed by atoms with Crippen LogP contribution in [0, 0.1) is 0 Å². The molecule has 0 heterocycles. The van der Waals surface area contributed by atoms with Crippen molar-refractivity contribution in [2.75, 3.05) is 13.2 Å². The van der Waals surface area contributed by atoms with E-state index in [0.717, 1.165) is 5.75 Å². The van der Waals surface area contributed by atoms with E-state index in [-0.39, 0.29) is 30.0 Å². The molecule has 0 bridgehead atoms. The number of hydrogen-bond acceptors (Lipinski definition) is 6. The largest absolute Gasteiger partial charge is 0.490 e. The number of carbonyl (C=O) groups is 3. The maximum absolute atomic E-state index is 11.0. The molecule has 2 aromatic carbocycles. The first-order valence-corrected chi connectivity index (χ1v) is 9.17. The number of rotatable bonds is 7. The lowest BCUT2D eigenvalue weighted by Crippen LogP contribution is -2.39. The number of benzene rings is 2. The average molecular weight is 423 g/mol. The van der Waals surface area contributed by atoms with Crippen LogP contribution >= 0.6 is 11.6 Å². The number of carbonyl (C=O) groups excluding carboxylic acids is 3. The topological polar surface area (TPSA) is 89.9 Å². The zero-order valence-corrected chi connectivity index (χ0v) is 17.8. The summed E-state index contributed by atoms with van der Waals surface area (Å²) in [5, 5.41) is 9.22. The van der Waals surface area contributed by atoms with Gasteiger partial charge in [-0.1, -0.05) is 36.4 Å². The van der Waals surface area contributed by atoms with Gasteiger partial charge in [0.15, 0.2) is 17.2 Å². The molecule has 0 aliphatic rings. The molecule has 158 valence electrons. The van der Waals surface area contributed by atoms with Gasteiger partial charge in [-0.15, -0.1) is 0 Å². The van der Waals surface area contributed by atoms with Crippen LogP contribution in [0.15, 0.2) is 60.7 Å². The highest BCUT2D eigenvalue weighted by Crippen LogP contribution is 2.12. The van der Waals surface area contributed by atoms with Crippen LogP contribution in [-0.4, -0.2) is 40.7 Å². The second-order valence-corrected chi connectivity index (χ2v) is 6.74. The monoisotopic (exact) mass is 422 g/mol. The van der Waals surface area contributed by atoms with Gasteiger partial charge in [0.25, 0.3) is 0 Å². The molecule has 1 unspecified atom stereocenters. The van der Waals surface area contributed by atoms with E-state index in [1.807, 2.05) is 48.5 Å². The number of aliphatic hydroxyl groups is 1. The summed E-state index contributed by atoms with van der Waals surface area (Å²) < 4.78 is 10.4. The predicted molar refractivity (Wildman–Crippen MR) is 112 cm³/mol. The van der Waals surface area contributed by atoms with Crippen molar-refractivity contribution < 1.29 is 29.0 Å². The van der Waals surface area contributed by atoms with E-state index in [1.54, 1.807) is 12.1 Å². The summed E-state index contributed by atoms with van der Waals surface area (Å²) in [7, 11) is 0. The lowest BCUT2D eigenvalue weighted by atomic mass is 10.0. The molecule has 2 rings (SSSR count). The van der Waals surface area contributed by atoms with Crippen molar-refractivity contribution in [3.8, 4) is 11.5 Å². The van der Waals surface area contributed by atoms with Crippen LogP contribution in [0.4, 0.5) is 0 Å². The van der Waals surface area contributed by atoms with Crippen LogP contribution in [0.3, 0.4) is 0 Å². The normalized spacial score (nSPS) is 11.4. The molecule has 0 radical (unpaired) electrons. The zero-order valence-electron chi connectivity index (χ0n) is 17.1. The van der Waals surface area contributed by atoms with Gasteiger partial charge in [-0.2, -0.15) is 0 Å². The van der Waals surface area contributed by atoms with E-state index in [1.165, 1.54) is 27.7 Å². The van der Waals surface area contributed by atoms with Crippen molar-refractivity contribution >= 4 is 28.4 Å². The van der Waals surface area contributed by atoms with Crippen LogP contribution < -0.4 is 9.47 Å². The van der Waals surface area contributed by atoms with Crippen LogP contribution in [0.5, 0.6) is 11.5 Å². The van der Waals surface area contributed by atoms with Gasteiger partial charge < -0.3 is 14.6 Å². The first-order valence-electron chi connectivity index (χ1n) is 8.79. The van der Waals surface area contributed by atoms with Gasteiger partial charge in [0, 0.05) is 6.92 Å². The van der Waals surface area contributed by atoms with E-state index in [2.05, 4.69) is 11.6 Å². The highest BCUT2D eigenvalue weighted by molar-refractivity contribution is 6.62. The second kappa shape index (κ2) is 14.3. The third kappa shape index (κ3) is 15.0. The molecule has 0 saturated carbocycles. The van der Waals surface area contributed by atoms with E-state index in [9.17, 15) is 19.5 Å². The van der Waals surface area contributed by atoms with Crippen molar-refractivity contribution in [1.82, 2.24) is 0 Å². The smallest absolute Gasteiger partial charge is 0.218 e. The Bertz CT molecular complexity index is 740. The van der Waals surface area contributed by atoms with Gasteiger partial charge in [0.2, 0.25) is 5.24 Å². The first kappa shape index (κ1) is 26.3. The fourth-order valence-corrected chi connectivity index (χ4v) is 1.54. The van der Waals surface area contributed by atoms with Crippen LogP contribution in [-0.2, 0) is 14.4 Å². The second-order valence-electron chi connectivity index (χ2n) is 6.21. The van der Waals surface area contributed by atoms with Crippen molar-refractivity contribution in [3.63, 3.8) is 0 Å². The molecule has 6 nitrogen and oxygen atoms in total. The fraction of sp³-hybridized carbons (Fsp3) is 0.318. The fourth-order valence-electron chi connectivity index (χ4n) is 1.54. The minimum Gasteiger partial charge on any atom is -0.490 e. The molecule has 29 heavy (non-hydrogen) atoms. The first-order chi connectivity index (χ1) is 13.5. The Hall–Kier alpha value is -2.70. The van der Waals surface area contributed by atoms with E-state index >= 15 is 0 Å². The quantitative estimate of drug-likeness (QED) is 0.682. The predicted octanol–water partition coefficient (Wildman–Crippen LogP) is 3.83. The van der Waals surface area contributed by atoms with E-state index in [4.69, 9.17) is 9.47 Å². The molecule has 0 aliphatic heterocycles. The van der Waals surface area contributed by atoms with Gasteiger partial charge in [0.05, 0.1) is 0 Å². The van der Waals surface area contributed by atoms with Gasteiger partial charge in [0.1, 0.15) is 24.7 Å². The molecule has 0 aliphatic carbocycles. The average Bonchev–Trinajstić information content (AvgIpc) is 2.66. The summed E-state index contributed by atoms with van der Waals surface area (Å²) in [6.45, 7) is 5.72. The lowest BCUT2D eigenvalue weighted by Gasteiger charge is -2.19. The highest BCUT2D eigenvalue weighted by Gasteiger charge is 2.27. The van der Waals surface area contributed by atoms with E-state index < -0.39 is 5.60 Å². The highest BCUT2D eigenvalue weighted by atomic mass is 35.5. The zero-order chi connectivity index (χ0) is 22.3. The van der Waals surface area contributed by atoms with Crippen molar-refractivity contribution in [2.24, 2.45) is 0 Å². The molecular weight excluding hydrogens is 396 g/mol. The summed E-state index contributed by atoms with van der Waals surface area (Å²) in [5.41, 5.74) is -1.41. The molecule has 1 atom stereocenters. The number of ether oxygens (including phenoxy) is 2. The van der Waals surface area contributed by atoms with Crippen molar-refractivity contribution in [3.05, 3.63) is 60.7 Å². The van der Waals surface area contributed by atoms with E-state index in [0.29, 0.717) is 5.75 Å². The standard InChI is InChI=1S/C11H14O3.C9H10O2.C2H3ClO/c1-9(12)11(2,13)8-14-10-6-4-3-5-7-10;1-8(10)7-11-9-5-3-2-4-6-9;1-2(3)4/h3-7,13H,8H2,1-2H3;2-6H,7H2,1H3;1H3. The maximum atomic E-state index is 11.0. The summed E-state index contributed by atoms with van der Waals surface area (Å²) in [5.74, 6) is 1.12. The number of ketones is 2. The van der Waals surface area contributed by atoms with Gasteiger partial charge in [-0.05, 0) is 56.6 Å². The molecule has 2 aromatic rings. The van der Waals surface area contributed by atoms with Crippen LogP contribution in [0.1, 0.15) is 27.7 Å². The van der Waals surface area contributed by atoms with Gasteiger partial charge in [-0.3, -0.25) is 14.4 Å². The lowest BCUT2D eigenvalue weighted by molar-refractivity contribution is -0.136. The Morgan fingerprint density at radius 1 is 0.862 bits per heavy atom. The Kier molecular flexibility index (Phi) is 13.0. The summed E-state index contributed by atoms with van der Waals surface area (Å²) >= 11 is 4.64. The van der Waals surface area contributed by atoms with Crippen molar-refractivity contribution in [1.29, 1.82) is 0 Å². The molecule has 1 N–H and O–H groups in total. The van der Waals surface area contributed by atoms with Gasteiger partial charge >= 0.3 is 0 Å². The van der Waals surface area contributed by atoms with Crippen molar-refractivity contribution in [2.45, 2.75) is 33.3 Å². The molecule has 0 spiro atoms. The number of hydrogen-bond donors (Lipinski definition) is 1. The van der Waals surface area contributed by atoms with Crippen LogP contribution in [0.2, 0.25) is 0 Å². The van der Waals surface area contributed by atoms with Crippen LogP contribution in [0.25, 0.3) is 0 Å². The SMILES string of the molecule is CC(=O)C(C)(O)COc1ccccc1.CC(=O)COc1ccccc1.CC(=O)Cl. The third-order valence-electron chi connectivity index (χ3n) is 3.21. The molecule has 0 fully saturated rings. The molecular formula is C22H27ClO6. The summed E-state index contributed by atoms with van der Waals surface area (Å²) in [4.78, 5) is 30.7.